The molecule has 0 aliphatic carbocycles. The van der Waals surface area contributed by atoms with Gasteiger partial charge in [0.2, 0.25) is 5.91 Å². The first-order chi connectivity index (χ1) is 18.3. The number of nitrogens with one attached hydrogen (secondary N) is 2. The second-order valence-corrected chi connectivity index (χ2v) is 11.6. The molecule has 0 aromatic heterocycles. The van der Waals surface area contributed by atoms with Crippen molar-refractivity contribution in [3.63, 3.8) is 0 Å². The van der Waals surface area contributed by atoms with Gasteiger partial charge >= 0.3 is 0 Å². The molecule has 0 saturated heterocycles. The quantitative estimate of drug-likeness (QED) is 0.233. The SMILES string of the molecule is C[C@H](NC(=O)c1ccccc1NC(=O)CN(c1ccc(I)cc1)S(=O)(=O)c1ccccc1)c1ccccc1. The maximum atomic E-state index is 13.5. The molecule has 1 atom stereocenters. The molecule has 0 fully saturated rings. The van der Waals surface area contributed by atoms with Gasteiger partial charge in [-0.25, -0.2) is 8.42 Å². The Morgan fingerprint density at radius 3 is 2.05 bits per heavy atom. The fourth-order valence-electron chi connectivity index (χ4n) is 3.85. The summed E-state index contributed by atoms with van der Waals surface area (Å²) >= 11 is 2.13. The third kappa shape index (κ3) is 6.59. The first kappa shape index (κ1) is 27.3. The number of carbonyl (C=O) groups excluding carboxylic acids is 2. The summed E-state index contributed by atoms with van der Waals surface area (Å²) in [5, 5.41) is 5.68. The second kappa shape index (κ2) is 12.2. The van der Waals surface area contributed by atoms with E-state index in [4.69, 9.17) is 0 Å². The number of benzene rings is 4. The molecule has 0 spiro atoms. The van der Waals surface area contributed by atoms with E-state index in [2.05, 4.69) is 33.2 Å². The molecule has 0 unspecified atom stereocenters. The summed E-state index contributed by atoms with van der Waals surface area (Å²) in [4.78, 5) is 26.4. The number of hydrogen-bond acceptors (Lipinski definition) is 4. The topological polar surface area (TPSA) is 95.6 Å². The normalized spacial score (nSPS) is 11.8. The van der Waals surface area contributed by atoms with Crippen LogP contribution in [0, 0.1) is 3.57 Å². The third-order valence-corrected chi connectivity index (χ3v) is 8.33. The van der Waals surface area contributed by atoms with Crippen molar-refractivity contribution >= 4 is 55.8 Å². The molecule has 2 N–H and O–H groups in total. The average Bonchev–Trinajstić information content (AvgIpc) is 2.93. The van der Waals surface area contributed by atoms with Gasteiger partial charge in [-0.15, -0.1) is 0 Å². The lowest BCUT2D eigenvalue weighted by Crippen LogP contribution is -2.38. The van der Waals surface area contributed by atoms with Crippen LogP contribution in [0.4, 0.5) is 11.4 Å². The summed E-state index contributed by atoms with van der Waals surface area (Å²) in [5.41, 5.74) is 1.86. The number of amides is 2. The van der Waals surface area contributed by atoms with Crippen LogP contribution in [0.5, 0.6) is 0 Å². The summed E-state index contributed by atoms with van der Waals surface area (Å²) in [5.74, 6) is -0.942. The third-order valence-electron chi connectivity index (χ3n) is 5.83. The van der Waals surface area contributed by atoms with Crippen molar-refractivity contribution < 1.29 is 18.0 Å². The molecule has 0 aliphatic heterocycles. The van der Waals surface area contributed by atoms with Crippen LogP contribution in [-0.4, -0.2) is 26.8 Å². The lowest BCUT2D eigenvalue weighted by molar-refractivity contribution is -0.114. The highest BCUT2D eigenvalue weighted by molar-refractivity contribution is 14.1. The molecule has 4 aromatic carbocycles. The van der Waals surface area contributed by atoms with Gasteiger partial charge in [0, 0.05) is 3.57 Å². The van der Waals surface area contributed by atoms with Crippen LogP contribution in [0.25, 0.3) is 0 Å². The zero-order valence-corrected chi connectivity index (χ0v) is 23.5. The van der Waals surface area contributed by atoms with Crippen LogP contribution in [0.3, 0.4) is 0 Å². The molecular formula is C29H26IN3O4S. The number of nitrogens with zero attached hydrogens (tertiary/aromatic N) is 1. The van der Waals surface area contributed by atoms with Crippen LogP contribution >= 0.6 is 22.6 Å². The number of sulfonamides is 1. The highest BCUT2D eigenvalue weighted by Gasteiger charge is 2.27. The number of hydrogen-bond donors (Lipinski definition) is 2. The lowest BCUT2D eigenvalue weighted by Gasteiger charge is -2.24. The summed E-state index contributed by atoms with van der Waals surface area (Å²) in [7, 11) is -4.04. The highest BCUT2D eigenvalue weighted by Crippen LogP contribution is 2.25. The van der Waals surface area contributed by atoms with E-state index in [0.717, 1.165) is 13.4 Å². The van der Waals surface area contributed by atoms with Gasteiger partial charge in [0.25, 0.3) is 15.9 Å². The lowest BCUT2D eigenvalue weighted by atomic mass is 10.1. The number of rotatable bonds is 9. The Labute approximate surface area is 236 Å². The van der Waals surface area contributed by atoms with Crippen molar-refractivity contribution in [2.45, 2.75) is 17.9 Å². The molecule has 38 heavy (non-hydrogen) atoms. The van der Waals surface area contributed by atoms with Crippen molar-refractivity contribution in [1.29, 1.82) is 0 Å². The van der Waals surface area contributed by atoms with Crippen molar-refractivity contribution in [1.82, 2.24) is 5.32 Å². The highest BCUT2D eigenvalue weighted by atomic mass is 127. The molecule has 0 aliphatic rings. The maximum Gasteiger partial charge on any atom is 0.264 e. The molecule has 0 heterocycles. The van der Waals surface area contributed by atoms with Gasteiger partial charge in [-0.2, -0.15) is 0 Å². The number of halogens is 1. The van der Waals surface area contributed by atoms with E-state index in [1.54, 1.807) is 66.7 Å². The minimum atomic E-state index is -4.04. The first-order valence-corrected chi connectivity index (χ1v) is 14.4. The molecule has 4 rings (SSSR count). The van der Waals surface area contributed by atoms with E-state index in [-0.39, 0.29) is 28.1 Å². The predicted molar refractivity (Wildman–Crippen MR) is 158 cm³/mol. The van der Waals surface area contributed by atoms with Crippen LogP contribution in [0.15, 0.2) is 114 Å². The smallest absolute Gasteiger partial charge is 0.264 e. The Balaban J connectivity index is 1.57. The predicted octanol–water partition coefficient (Wildman–Crippen LogP) is 5.62. The Bertz CT molecular complexity index is 1510. The van der Waals surface area contributed by atoms with E-state index in [9.17, 15) is 18.0 Å². The zero-order chi connectivity index (χ0) is 27.1. The molecule has 7 nitrogen and oxygen atoms in total. The number of carbonyl (C=O) groups is 2. The monoisotopic (exact) mass is 639 g/mol. The molecule has 2 amide bonds. The Morgan fingerprint density at radius 2 is 1.39 bits per heavy atom. The first-order valence-electron chi connectivity index (χ1n) is 11.8. The van der Waals surface area contributed by atoms with Gasteiger partial charge in [-0.1, -0.05) is 60.7 Å². The van der Waals surface area contributed by atoms with Gasteiger partial charge in [0.05, 0.1) is 27.9 Å². The summed E-state index contributed by atoms with van der Waals surface area (Å²) in [6.07, 6.45) is 0. The van der Waals surface area contributed by atoms with Crippen LogP contribution in [0.1, 0.15) is 28.9 Å². The fraction of sp³-hybridized carbons (Fsp3) is 0.103. The van der Waals surface area contributed by atoms with Crippen molar-refractivity contribution in [3.8, 4) is 0 Å². The molecule has 0 radical (unpaired) electrons. The van der Waals surface area contributed by atoms with E-state index in [1.807, 2.05) is 37.3 Å². The molecule has 0 saturated carbocycles. The Hall–Kier alpha value is -3.70. The van der Waals surface area contributed by atoms with Gasteiger partial charge in [0.1, 0.15) is 6.54 Å². The minimum absolute atomic E-state index is 0.0704. The Kier molecular flexibility index (Phi) is 8.80. The van der Waals surface area contributed by atoms with Crippen molar-refractivity contribution in [2.75, 3.05) is 16.2 Å². The van der Waals surface area contributed by atoms with Crippen LogP contribution in [0.2, 0.25) is 0 Å². The van der Waals surface area contributed by atoms with Gasteiger partial charge in [-0.05, 0) is 83.6 Å². The number of para-hydroxylation sites is 1. The zero-order valence-electron chi connectivity index (χ0n) is 20.5. The summed E-state index contributed by atoms with van der Waals surface area (Å²) < 4.78 is 29.0. The van der Waals surface area contributed by atoms with Gasteiger partial charge in [-0.3, -0.25) is 13.9 Å². The number of anilines is 2. The molecule has 9 heteroatoms. The van der Waals surface area contributed by atoms with Crippen molar-refractivity contribution in [3.05, 3.63) is 124 Å². The minimum Gasteiger partial charge on any atom is -0.345 e. The average molecular weight is 640 g/mol. The van der Waals surface area contributed by atoms with Crippen molar-refractivity contribution in [2.24, 2.45) is 0 Å². The molecular weight excluding hydrogens is 613 g/mol. The molecule has 194 valence electrons. The van der Waals surface area contributed by atoms with Crippen LogP contribution in [-0.2, 0) is 14.8 Å². The van der Waals surface area contributed by atoms with Gasteiger partial charge in [0.15, 0.2) is 0 Å². The molecule has 4 aromatic rings. The summed E-state index contributed by atoms with van der Waals surface area (Å²) in [6, 6.07) is 30.7. The van der Waals surface area contributed by atoms with E-state index < -0.39 is 22.5 Å². The fourth-order valence-corrected chi connectivity index (χ4v) is 5.65. The second-order valence-electron chi connectivity index (χ2n) is 8.50. The van der Waals surface area contributed by atoms with Gasteiger partial charge < -0.3 is 10.6 Å². The van der Waals surface area contributed by atoms with E-state index >= 15 is 0 Å². The Morgan fingerprint density at radius 1 is 0.816 bits per heavy atom. The van der Waals surface area contributed by atoms with E-state index in [0.29, 0.717) is 5.69 Å². The standard InChI is InChI=1S/C29H26IN3O4S/c1-21(22-10-4-2-5-11-22)31-29(35)26-14-8-9-15-27(26)32-28(34)20-33(24-18-16-23(30)17-19-24)38(36,37)25-12-6-3-7-13-25/h2-19,21H,20H2,1H3,(H,31,35)(H,32,34)/t21-/m0/s1. The largest absolute Gasteiger partial charge is 0.345 e. The maximum absolute atomic E-state index is 13.5. The van der Waals surface area contributed by atoms with E-state index in [1.165, 1.54) is 12.1 Å². The molecule has 0 bridgehead atoms. The van der Waals surface area contributed by atoms with Crippen LogP contribution < -0.4 is 14.9 Å². The summed E-state index contributed by atoms with van der Waals surface area (Å²) in [6.45, 7) is 1.40.